The summed E-state index contributed by atoms with van der Waals surface area (Å²) in [7, 11) is 0. The molecular weight excluding hydrogens is 246 g/mol. The average molecular weight is 266 g/mol. The molecule has 0 saturated carbocycles. The zero-order valence-corrected chi connectivity index (χ0v) is 12.0. The van der Waals surface area contributed by atoms with Crippen molar-refractivity contribution in [3.05, 3.63) is 28.8 Å². The molecule has 1 atom stereocenters. The lowest BCUT2D eigenvalue weighted by Crippen LogP contribution is -2.33. The van der Waals surface area contributed by atoms with Gasteiger partial charge in [-0.05, 0) is 43.9 Å². The molecule has 1 aromatic rings. The summed E-state index contributed by atoms with van der Waals surface area (Å²) < 4.78 is 0. The van der Waals surface area contributed by atoms with Gasteiger partial charge >= 0.3 is 0 Å². The van der Waals surface area contributed by atoms with E-state index in [1.807, 2.05) is 18.2 Å². The Morgan fingerprint density at radius 1 is 1.44 bits per heavy atom. The van der Waals surface area contributed by atoms with Gasteiger partial charge in [0.2, 0.25) is 0 Å². The number of nitrogens with zero attached hydrogens (tertiary/aromatic N) is 1. The van der Waals surface area contributed by atoms with Crippen LogP contribution in [0.4, 0.5) is 5.69 Å². The molecule has 2 rings (SSSR count). The minimum absolute atomic E-state index is 0.0216. The van der Waals surface area contributed by atoms with E-state index in [1.54, 1.807) is 6.92 Å². The maximum atomic E-state index is 11.4. The van der Waals surface area contributed by atoms with Gasteiger partial charge in [0, 0.05) is 23.8 Å². The maximum Gasteiger partial charge on any atom is 0.161 e. The number of anilines is 1. The van der Waals surface area contributed by atoms with Gasteiger partial charge in [-0.15, -0.1) is 0 Å². The fourth-order valence-electron chi connectivity index (χ4n) is 2.77. The van der Waals surface area contributed by atoms with E-state index in [2.05, 4.69) is 18.7 Å². The number of hydrogen-bond acceptors (Lipinski definition) is 2. The summed E-state index contributed by atoms with van der Waals surface area (Å²) in [6.45, 7) is 7.15. The van der Waals surface area contributed by atoms with Gasteiger partial charge in [-0.25, -0.2) is 0 Å². The molecule has 3 heteroatoms. The van der Waals surface area contributed by atoms with Gasteiger partial charge in [0.25, 0.3) is 0 Å². The van der Waals surface area contributed by atoms with Crippen molar-refractivity contribution in [2.45, 2.75) is 39.7 Å². The van der Waals surface area contributed by atoms with Crippen LogP contribution in [0, 0.1) is 5.92 Å². The minimum atomic E-state index is 0.0216. The van der Waals surface area contributed by atoms with Crippen molar-refractivity contribution in [1.82, 2.24) is 0 Å². The number of benzene rings is 1. The largest absolute Gasteiger partial charge is 0.368 e. The van der Waals surface area contributed by atoms with Crippen LogP contribution in [-0.2, 0) is 0 Å². The van der Waals surface area contributed by atoms with Crippen LogP contribution in [-0.4, -0.2) is 18.4 Å². The van der Waals surface area contributed by atoms with E-state index in [4.69, 9.17) is 11.6 Å². The Hall–Kier alpha value is -1.02. The molecule has 0 aliphatic carbocycles. The zero-order valence-electron chi connectivity index (χ0n) is 11.2. The predicted molar refractivity (Wildman–Crippen MR) is 76.7 cm³/mol. The Balaban J connectivity index is 2.29. The number of hydrogen-bond donors (Lipinski definition) is 0. The van der Waals surface area contributed by atoms with Gasteiger partial charge in [-0.3, -0.25) is 4.79 Å². The van der Waals surface area contributed by atoms with Crippen molar-refractivity contribution in [3.63, 3.8) is 0 Å². The summed E-state index contributed by atoms with van der Waals surface area (Å²) in [6.07, 6.45) is 2.47. The topological polar surface area (TPSA) is 20.3 Å². The molecule has 1 aliphatic rings. The first-order valence-corrected chi connectivity index (χ1v) is 6.95. The van der Waals surface area contributed by atoms with Crippen molar-refractivity contribution in [2.24, 2.45) is 5.92 Å². The molecule has 2 nitrogen and oxygen atoms in total. The fraction of sp³-hybridized carbons (Fsp3) is 0.533. The highest BCUT2D eigenvalue weighted by Crippen LogP contribution is 2.32. The van der Waals surface area contributed by atoms with Crippen LogP contribution in [0.1, 0.15) is 44.0 Å². The summed E-state index contributed by atoms with van der Waals surface area (Å²) in [5.41, 5.74) is 1.75. The first-order valence-electron chi connectivity index (χ1n) is 6.58. The average Bonchev–Trinajstić information content (AvgIpc) is 2.77. The predicted octanol–water partition coefficient (Wildman–Crippen LogP) is 4.17. The molecule has 0 radical (unpaired) electrons. The van der Waals surface area contributed by atoms with Gasteiger partial charge in [0.15, 0.2) is 5.78 Å². The lowest BCUT2D eigenvalue weighted by atomic mass is 10.0. The third-order valence-electron chi connectivity index (χ3n) is 3.73. The van der Waals surface area contributed by atoms with Crippen molar-refractivity contribution < 1.29 is 4.79 Å². The normalized spacial score (nSPS) is 19.6. The number of carbonyl (C=O) groups excluding carboxylic acids is 1. The van der Waals surface area contributed by atoms with E-state index in [9.17, 15) is 4.79 Å². The van der Waals surface area contributed by atoms with Crippen molar-refractivity contribution in [3.8, 4) is 0 Å². The molecule has 1 heterocycles. The number of rotatable bonds is 3. The molecule has 1 aliphatic heterocycles. The van der Waals surface area contributed by atoms with E-state index < -0.39 is 0 Å². The Kier molecular flexibility index (Phi) is 3.96. The summed E-state index contributed by atoms with van der Waals surface area (Å²) in [4.78, 5) is 13.8. The van der Waals surface area contributed by atoms with Gasteiger partial charge in [0.1, 0.15) is 0 Å². The molecule has 1 fully saturated rings. The molecule has 0 spiro atoms. The van der Waals surface area contributed by atoms with E-state index in [0.717, 1.165) is 12.2 Å². The van der Waals surface area contributed by atoms with Crippen LogP contribution >= 0.6 is 11.6 Å². The molecule has 1 saturated heterocycles. The molecule has 18 heavy (non-hydrogen) atoms. The lowest BCUT2D eigenvalue weighted by molar-refractivity contribution is 0.101. The maximum absolute atomic E-state index is 11.4. The number of carbonyl (C=O) groups is 1. The highest BCUT2D eigenvalue weighted by Gasteiger charge is 2.27. The highest BCUT2D eigenvalue weighted by molar-refractivity contribution is 6.34. The van der Waals surface area contributed by atoms with Crippen LogP contribution in [0.3, 0.4) is 0 Å². The Bertz CT molecular complexity index is 456. The first-order chi connectivity index (χ1) is 8.50. The number of ketones is 1. The second-order valence-corrected chi connectivity index (χ2v) is 5.77. The molecule has 1 aromatic carbocycles. The third-order valence-corrected chi connectivity index (χ3v) is 4.05. The number of halogens is 1. The first kappa shape index (κ1) is 13.4. The SMILES string of the molecule is CC(=O)c1ccc(N2CCCC2C(C)C)cc1Cl. The Morgan fingerprint density at radius 3 is 2.72 bits per heavy atom. The van der Waals surface area contributed by atoms with Crippen LogP contribution in [0.15, 0.2) is 18.2 Å². The summed E-state index contributed by atoms with van der Waals surface area (Å²) in [6, 6.07) is 6.38. The lowest BCUT2D eigenvalue weighted by Gasteiger charge is -2.30. The van der Waals surface area contributed by atoms with Crippen LogP contribution in [0.25, 0.3) is 0 Å². The molecule has 1 unspecified atom stereocenters. The van der Waals surface area contributed by atoms with E-state index >= 15 is 0 Å². The zero-order chi connectivity index (χ0) is 13.3. The Morgan fingerprint density at radius 2 is 2.17 bits per heavy atom. The fourth-order valence-corrected chi connectivity index (χ4v) is 3.08. The highest BCUT2D eigenvalue weighted by atomic mass is 35.5. The van der Waals surface area contributed by atoms with Gasteiger partial charge in [-0.1, -0.05) is 25.4 Å². The van der Waals surface area contributed by atoms with Crippen LogP contribution in [0.2, 0.25) is 5.02 Å². The minimum Gasteiger partial charge on any atom is -0.368 e. The number of Topliss-reactive ketones (excluding diaryl/α,β-unsaturated/α-hetero) is 1. The van der Waals surface area contributed by atoms with Crippen molar-refractivity contribution >= 4 is 23.1 Å². The summed E-state index contributed by atoms with van der Waals surface area (Å²) >= 11 is 6.18. The van der Waals surface area contributed by atoms with E-state index in [0.29, 0.717) is 22.5 Å². The van der Waals surface area contributed by atoms with Crippen molar-refractivity contribution in [2.75, 3.05) is 11.4 Å². The molecule has 98 valence electrons. The second kappa shape index (κ2) is 5.31. The van der Waals surface area contributed by atoms with E-state index in [-0.39, 0.29) is 5.78 Å². The van der Waals surface area contributed by atoms with Crippen LogP contribution < -0.4 is 4.90 Å². The molecule has 0 bridgehead atoms. The second-order valence-electron chi connectivity index (χ2n) is 5.37. The standard InChI is InChI=1S/C15H20ClNO/c1-10(2)15-5-4-8-17(15)12-6-7-13(11(3)18)14(16)9-12/h6-7,9-10,15H,4-5,8H2,1-3H3. The van der Waals surface area contributed by atoms with Crippen LogP contribution in [0.5, 0.6) is 0 Å². The molecular formula is C15H20ClNO. The van der Waals surface area contributed by atoms with Gasteiger partial charge in [-0.2, -0.15) is 0 Å². The molecule has 0 amide bonds. The monoisotopic (exact) mass is 265 g/mol. The summed E-state index contributed by atoms with van der Waals surface area (Å²) in [5.74, 6) is 0.659. The Labute approximate surface area is 114 Å². The third kappa shape index (κ3) is 2.54. The van der Waals surface area contributed by atoms with Gasteiger partial charge in [0.05, 0.1) is 5.02 Å². The van der Waals surface area contributed by atoms with E-state index in [1.165, 1.54) is 12.8 Å². The van der Waals surface area contributed by atoms with Gasteiger partial charge < -0.3 is 4.90 Å². The molecule has 0 aromatic heterocycles. The quantitative estimate of drug-likeness (QED) is 0.765. The summed E-state index contributed by atoms with van der Waals surface area (Å²) in [5, 5.41) is 0.564. The smallest absolute Gasteiger partial charge is 0.161 e. The molecule has 0 N–H and O–H groups in total. The van der Waals surface area contributed by atoms with Crippen molar-refractivity contribution in [1.29, 1.82) is 0 Å².